The summed E-state index contributed by atoms with van der Waals surface area (Å²) in [6.45, 7) is 25.0. The lowest BCUT2D eigenvalue weighted by Crippen LogP contribution is -2.48. The highest BCUT2D eigenvalue weighted by molar-refractivity contribution is 6.92. The maximum atomic E-state index is 11.8. The molecule has 0 heterocycles. The van der Waals surface area contributed by atoms with Crippen molar-refractivity contribution in [1.82, 2.24) is 0 Å². The Morgan fingerprint density at radius 3 is 1.51 bits per heavy atom. The van der Waals surface area contributed by atoms with E-state index in [-0.39, 0.29) is 21.8 Å². The third kappa shape index (κ3) is 4.76. The van der Waals surface area contributed by atoms with Crippen LogP contribution in [0.3, 0.4) is 0 Å². The lowest BCUT2D eigenvalue weighted by atomic mass is 9.85. The molecule has 0 unspecified atom stereocenters. The lowest BCUT2D eigenvalue weighted by molar-refractivity contribution is 0.407. The second-order valence-electron chi connectivity index (χ2n) is 14.6. The van der Waals surface area contributed by atoms with Crippen LogP contribution >= 0.6 is 0 Å². The largest absolute Gasteiger partial charge is 0.508 e. The summed E-state index contributed by atoms with van der Waals surface area (Å²) in [6, 6.07) is 18.3. The molecule has 0 spiro atoms. The molecule has 0 aromatic heterocycles. The van der Waals surface area contributed by atoms with E-state index in [1.807, 2.05) is 6.07 Å². The van der Waals surface area contributed by atoms with E-state index in [9.17, 15) is 5.11 Å². The van der Waals surface area contributed by atoms with E-state index < -0.39 is 8.07 Å². The Hall–Kier alpha value is -2.52. The molecule has 0 atom stereocenters. The molecule has 37 heavy (non-hydrogen) atoms. The molecule has 0 radical (unpaired) electrons. The van der Waals surface area contributed by atoms with E-state index in [0.29, 0.717) is 5.75 Å². The van der Waals surface area contributed by atoms with Gasteiger partial charge >= 0.3 is 0 Å². The Balaban J connectivity index is 2.05. The van der Waals surface area contributed by atoms with Crippen LogP contribution in [0, 0.1) is 0 Å². The van der Waals surface area contributed by atoms with Crippen LogP contribution in [0.15, 0.2) is 48.5 Å². The monoisotopic (exact) mass is 514 g/mol. The van der Waals surface area contributed by atoms with Crippen molar-refractivity contribution in [2.45, 2.75) is 97.2 Å². The summed E-state index contributed by atoms with van der Waals surface area (Å²) in [4.78, 5) is 0. The highest BCUT2D eigenvalue weighted by Crippen LogP contribution is 2.51. The molecule has 0 fully saturated rings. The van der Waals surface area contributed by atoms with E-state index in [2.05, 4.69) is 118 Å². The first-order chi connectivity index (χ1) is 16.9. The topological polar surface area (TPSA) is 29.5 Å². The number of methoxy groups -OCH3 is 1. The normalized spacial score (nSPS) is 14.5. The van der Waals surface area contributed by atoms with Crippen molar-refractivity contribution in [3.05, 3.63) is 76.3 Å². The maximum absolute atomic E-state index is 11.8. The molecule has 1 N–H and O–H groups in total. The molecule has 0 bridgehead atoms. The fraction of sp³-hybridized carbons (Fsp3) is 0.471. The molecule has 0 saturated carbocycles. The zero-order valence-electron chi connectivity index (χ0n) is 25.1. The van der Waals surface area contributed by atoms with Gasteiger partial charge in [-0.15, -0.1) is 0 Å². The van der Waals surface area contributed by atoms with E-state index in [1.54, 1.807) is 7.11 Å². The van der Waals surface area contributed by atoms with E-state index >= 15 is 0 Å². The summed E-state index contributed by atoms with van der Waals surface area (Å²) in [5.41, 5.74) is 9.32. The SMILES string of the molecule is COc1cc(C(C)(C)C)c(O)c([Si](C)(C)C2c3cc(C(C)(C)C)ccc3-c3ccc(C(C)(C)C)cc32)c1. The van der Waals surface area contributed by atoms with Gasteiger partial charge in [-0.1, -0.05) is 112 Å². The summed E-state index contributed by atoms with van der Waals surface area (Å²) in [7, 11) is -0.621. The maximum Gasteiger partial charge on any atom is 0.119 e. The van der Waals surface area contributed by atoms with Crippen LogP contribution < -0.4 is 9.92 Å². The number of benzene rings is 3. The van der Waals surface area contributed by atoms with Crippen molar-refractivity contribution in [3.8, 4) is 22.6 Å². The molecular formula is C34H46O2Si. The Morgan fingerprint density at radius 1 is 0.676 bits per heavy atom. The van der Waals surface area contributed by atoms with Crippen molar-refractivity contribution in [1.29, 1.82) is 0 Å². The summed E-state index contributed by atoms with van der Waals surface area (Å²) < 4.78 is 5.78. The molecule has 3 heteroatoms. The smallest absolute Gasteiger partial charge is 0.119 e. The average molecular weight is 515 g/mol. The minimum Gasteiger partial charge on any atom is -0.508 e. The molecule has 0 aliphatic heterocycles. The third-order valence-electron chi connectivity index (χ3n) is 8.29. The van der Waals surface area contributed by atoms with Gasteiger partial charge in [-0.25, -0.2) is 0 Å². The van der Waals surface area contributed by atoms with Crippen molar-refractivity contribution in [2.75, 3.05) is 7.11 Å². The van der Waals surface area contributed by atoms with Crippen LogP contribution in [-0.4, -0.2) is 20.3 Å². The minimum absolute atomic E-state index is 0.0636. The van der Waals surface area contributed by atoms with Crippen molar-refractivity contribution >= 4 is 13.3 Å². The Labute approximate surface area is 226 Å². The van der Waals surface area contributed by atoms with Gasteiger partial charge in [0.15, 0.2) is 0 Å². The summed E-state index contributed by atoms with van der Waals surface area (Å²) in [5, 5.41) is 12.9. The quantitative estimate of drug-likeness (QED) is 0.355. The number of phenols is 1. The number of fused-ring (bicyclic) bond motifs is 3. The van der Waals surface area contributed by atoms with Crippen LogP contribution in [-0.2, 0) is 16.2 Å². The van der Waals surface area contributed by atoms with Gasteiger partial charge in [-0.05, 0) is 66.9 Å². The van der Waals surface area contributed by atoms with E-state index in [0.717, 1.165) is 16.5 Å². The number of rotatable bonds is 3. The molecular weight excluding hydrogens is 468 g/mol. The zero-order chi connectivity index (χ0) is 27.7. The number of ether oxygens (including phenoxy) is 1. The second kappa shape index (κ2) is 8.76. The molecule has 3 aromatic carbocycles. The number of hydrogen-bond donors (Lipinski definition) is 1. The fourth-order valence-corrected chi connectivity index (χ4v) is 9.52. The Morgan fingerprint density at radius 2 is 1.14 bits per heavy atom. The molecule has 198 valence electrons. The van der Waals surface area contributed by atoms with Crippen molar-refractivity contribution in [2.24, 2.45) is 0 Å². The van der Waals surface area contributed by atoms with Crippen LogP contribution in [0.4, 0.5) is 0 Å². The van der Waals surface area contributed by atoms with Crippen LogP contribution in [0.5, 0.6) is 11.5 Å². The fourth-order valence-electron chi connectivity index (χ4n) is 5.92. The second-order valence-corrected chi connectivity index (χ2v) is 19.1. The summed E-state index contributed by atoms with van der Waals surface area (Å²) in [5.74, 6) is 1.27. The van der Waals surface area contributed by atoms with Gasteiger partial charge in [0, 0.05) is 11.1 Å². The third-order valence-corrected chi connectivity index (χ3v) is 12.1. The van der Waals surface area contributed by atoms with E-state index in [4.69, 9.17) is 4.74 Å². The van der Waals surface area contributed by atoms with Crippen LogP contribution in [0.25, 0.3) is 11.1 Å². The predicted molar refractivity (Wildman–Crippen MR) is 162 cm³/mol. The molecule has 3 aromatic rings. The predicted octanol–water partition coefficient (Wildman–Crippen LogP) is 8.56. The van der Waals surface area contributed by atoms with Crippen molar-refractivity contribution < 1.29 is 9.84 Å². The number of hydrogen-bond acceptors (Lipinski definition) is 2. The molecule has 0 saturated heterocycles. The lowest BCUT2D eigenvalue weighted by Gasteiger charge is -2.35. The summed E-state index contributed by atoms with van der Waals surface area (Å²) in [6.07, 6.45) is 0. The van der Waals surface area contributed by atoms with Gasteiger partial charge in [0.1, 0.15) is 11.5 Å². The highest BCUT2D eigenvalue weighted by Gasteiger charge is 2.45. The standard InChI is InChI=1S/C34H46O2Si/c1-32(2,3)21-13-15-24-25-16-14-22(33(4,5)6)18-27(25)31(26(24)17-21)37(11,12)29-20-23(36-10)19-28(30(29)35)34(7,8)9/h13-20,31,35H,1-12H3. The number of aromatic hydroxyl groups is 1. The molecule has 2 nitrogen and oxygen atoms in total. The van der Waals surface area contributed by atoms with Gasteiger partial charge in [0.25, 0.3) is 0 Å². The van der Waals surface area contributed by atoms with Gasteiger partial charge in [0.05, 0.1) is 15.2 Å². The molecule has 1 aliphatic rings. The Kier molecular flexibility index (Phi) is 6.52. The number of phenolic OH excluding ortho intramolecular Hbond substituents is 1. The first-order valence-electron chi connectivity index (χ1n) is 13.6. The Bertz CT molecular complexity index is 1280. The average Bonchev–Trinajstić information content (AvgIpc) is 3.10. The van der Waals surface area contributed by atoms with Crippen LogP contribution in [0.2, 0.25) is 13.1 Å². The van der Waals surface area contributed by atoms with Gasteiger partial charge < -0.3 is 9.84 Å². The minimum atomic E-state index is -2.35. The zero-order valence-corrected chi connectivity index (χ0v) is 26.1. The highest BCUT2D eigenvalue weighted by atomic mass is 28.3. The summed E-state index contributed by atoms with van der Waals surface area (Å²) >= 11 is 0. The molecule has 1 aliphatic carbocycles. The van der Waals surface area contributed by atoms with Gasteiger partial charge in [-0.2, -0.15) is 0 Å². The van der Waals surface area contributed by atoms with E-state index in [1.165, 1.54) is 33.4 Å². The molecule has 4 rings (SSSR count). The van der Waals surface area contributed by atoms with Gasteiger partial charge in [0.2, 0.25) is 0 Å². The van der Waals surface area contributed by atoms with Gasteiger partial charge in [-0.3, -0.25) is 0 Å². The first-order valence-corrected chi connectivity index (χ1v) is 16.7. The van der Waals surface area contributed by atoms with Crippen molar-refractivity contribution in [3.63, 3.8) is 0 Å². The van der Waals surface area contributed by atoms with Crippen LogP contribution in [0.1, 0.15) is 95.7 Å². The molecule has 0 amide bonds. The first kappa shape index (κ1) is 27.5.